The maximum atomic E-state index is 12.9. The Morgan fingerprint density at radius 1 is 0.912 bits per heavy atom. The van der Waals surface area contributed by atoms with Crippen molar-refractivity contribution in [2.75, 3.05) is 23.7 Å². The third-order valence-corrected chi connectivity index (χ3v) is 5.81. The van der Waals surface area contributed by atoms with Crippen LogP contribution in [0.2, 0.25) is 5.02 Å². The molecule has 9 heteroatoms. The number of rotatable bonds is 5. The van der Waals surface area contributed by atoms with Crippen molar-refractivity contribution < 1.29 is 14.7 Å². The Morgan fingerprint density at radius 2 is 1.62 bits per heavy atom. The van der Waals surface area contributed by atoms with Gasteiger partial charge in [0.05, 0.1) is 16.3 Å². The number of halogens is 1. The Balaban J connectivity index is 1.49. The first kappa shape index (κ1) is 23.3. The molecule has 4 N–H and O–H groups in total. The number of pyridine rings is 1. The second-order valence-corrected chi connectivity index (χ2v) is 8.38. The predicted octanol–water partition coefficient (Wildman–Crippen LogP) is 4.76. The van der Waals surface area contributed by atoms with E-state index in [0.717, 1.165) is 31.5 Å². The number of piperidine rings is 1. The van der Waals surface area contributed by atoms with Crippen LogP contribution in [0.3, 0.4) is 0 Å². The number of benzene rings is 2. The van der Waals surface area contributed by atoms with Crippen LogP contribution in [0.1, 0.15) is 45.5 Å². The monoisotopic (exact) mass is 477 g/mol. The van der Waals surface area contributed by atoms with Crippen LogP contribution in [0.25, 0.3) is 0 Å². The molecule has 4 rings (SSSR count). The Bertz CT molecular complexity index is 1210. The van der Waals surface area contributed by atoms with Gasteiger partial charge in [0, 0.05) is 30.4 Å². The molecule has 2 amide bonds. The number of phenols is 1. The first-order valence-electron chi connectivity index (χ1n) is 10.9. The number of amides is 2. The number of para-hydroxylation sites is 1. The van der Waals surface area contributed by atoms with Crippen molar-refractivity contribution in [2.45, 2.75) is 19.3 Å². The Labute approximate surface area is 202 Å². The van der Waals surface area contributed by atoms with Crippen LogP contribution in [0.5, 0.6) is 5.75 Å². The van der Waals surface area contributed by atoms with Crippen molar-refractivity contribution in [2.24, 2.45) is 0 Å². The Morgan fingerprint density at radius 3 is 2.29 bits per heavy atom. The van der Waals surface area contributed by atoms with Crippen molar-refractivity contribution in [3.63, 3.8) is 0 Å². The fourth-order valence-electron chi connectivity index (χ4n) is 3.76. The third kappa shape index (κ3) is 5.35. The average molecular weight is 478 g/mol. The predicted molar refractivity (Wildman–Crippen MR) is 132 cm³/mol. The van der Waals surface area contributed by atoms with Gasteiger partial charge in [0.15, 0.2) is 0 Å². The topological polar surface area (TPSA) is 118 Å². The van der Waals surface area contributed by atoms with Crippen molar-refractivity contribution in [1.82, 2.24) is 9.88 Å². The van der Waals surface area contributed by atoms with E-state index >= 15 is 0 Å². The van der Waals surface area contributed by atoms with Gasteiger partial charge in [0.1, 0.15) is 17.4 Å². The van der Waals surface area contributed by atoms with Crippen LogP contribution < -0.4 is 10.6 Å². The number of amidine groups is 1. The van der Waals surface area contributed by atoms with Gasteiger partial charge < -0.3 is 20.6 Å². The summed E-state index contributed by atoms with van der Waals surface area (Å²) in [6.45, 7) is 1.73. The number of carbonyl (C=O) groups excluding carboxylic acids is 2. The van der Waals surface area contributed by atoms with E-state index in [9.17, 15) is 14.7 Å². The number of aromatic nitrogens is 1. The molecule has 1 aromatic heterocycles. The lowest BCUT2D eigenvalue weighted by Gasteiger charge is -2.29. The van der Waals surface area contributed by atoms with E-state index in [1.54, 1.807) is 36.4 Å². The van der Waals surface area contributed by atoms with Crippen LogP contribution in [0, 0.1) is 5.41 Å². The van der Waals surface area contributed by atoms with E-state index in [1.165, 1.54) is 30.8 Å². The SMILES string of the molecule is N=C(c1ccc(C(=O)Nc2c(O)cccc2C(=O)Nc2ccc(Cl)cn2)cc1)N1CCCCC1. The molecule has 3 aromatic rings. The Hall–Kier alpha value is -3.91. The van der Waals surface area contributed by atoms with Gasteiger partial charge in [-0.2, -0.15) is 0 Å². The molecule has 0 unspecified atom stereocenters. The number of carbonyl (C=O) groups is 2. The van der Waals surface area contributed by atoms with Crippen molar-refractivity contribution in [3.05, 3.63) is 82.5 Å². The largest absolute Gasteiger partial charge is 0.506 e. The maximum Gasteiger partial charge on any atom is 0.259 e. The molecule has 0 radical (unpaired) electrons. The molecule has 174 valence electrons. The number of nitrogens with zero attached hydrogens (tertiary/aromatic N) is 2. The summed E-state index contributed by atoms with van der Waals surface area (Å²) < 4.78 is 0. The van der Waals surface area contributed by atoms with Gasteiger partial charge in [0.2, 0.25) is 0 Å². The first-order valence-corrected chi connectivity index (χ1v) is 11.3. The number of hydrogen-bond donors (Lipinski definition) is 4. The molecule has 0 atom stereocenters. The molecule has 0 spiro atoms. The van der Waals surface area contributed by atoms with E-state index in [4.69, 9.17) is 17.0 Å². The molecule has 0 aliphatic carbocycles. The fourth-order valence-corrected chi connectivity index (χ4v) is 3.87. The van der Waals surface area contributed by atoms with Gasteiger partial charge in [0.25, 0.3) is 11.8 Å². The van der Waals surface area contributed by atoms with Gasteiger partial charge in [-0.3, -0.25) is 15.0 Å². The summed E-state index contributed by atoms with van der Waals surface area (Å²) in [4.78, 5) is 31.7. The van der Waals surface area contributed by atoms with Crippen LogP contribution >= 0.6 is 11.6 Å². The number of aromatic hydroxyl groups is 1. The minimum atomic E-state index is -0.550. The van der Waals surface area contributed by atoms with Crippen molar-refractivity contribution >= 4 is 40.8 Å². The molecule has 0 saturated carbocycles. The van der Waals surface area contributed by atoms with E-state index in [-0.39, 0.29) is 22.8 Å². The highest BCUT2D eigenvalue weighted by atomic mass is 35.5. The lowest BCUT2D eigenvalue weighted by molar-refractivity contribution is 0.102. The summed E-state index contributed by atoms with van der Waals surface area (Å²) in [5.41, 5.74) is 1.14. The van der Waals surface area contributed by atoms with Gasteiger partial charge >= 0.3 is 0 Å². The maximum absolute atomic E-state index is 12.9. The lowest BCUT2D eigenvalue weighted by Crippen LogP contribution is -2.35. The van der Waals surface area contributed by atoms with Crippen LogP contribution in [0.15, 0.2) is 60.8 Å². The summed E-state index contributed by atoms with van der Waals surface area (Å²) in [6, 6.07) is 14.2. The van der Waals surface area contributed by atoms with Crippen LogP contribution in [-0.4, -0.2) is 45.7 Å². The smallest absolute Gasteiger partial charge is 0.259 e. The number of likely N-dealkylation sites (tertiary alicyclic amines) is 1. The minimum absolute atomic E-state index is 0.0101. The van der Waals surface area contributed by atoms with Gasteiger partial charge in [-0.05, 0) is 55.7 Å². The number of anilines is 2. The molecule has 1 fully saturated rings. The first-order chi connectivity index (χ1) is 16.4. The number of hydrogen-bond acceptors (Lipinski definition) is 5. The molecule has 1 saturated heterocycles. The quantitative estimate of drug-likeness (QED) is 0.240. The van der Waals surface area contributed by atoms with Crippen LogP contribution in [0.4, 0.5) is 11.5 Å². The Kier molecular flexibility index (Phi) is 7.08. The summed E-state index contributed by atoms with van der Waals surface area (Å²) >= 11 is 5.82. The molecular formula is C25H24ClN5O3. The average Bonchev–Trinajstić information content (AvgIpc) is 2.86. The van der Waals surface area contributed by atoms with Gasteiger partial charge in [-0.15, -0.1) is 0 Å². The molecule has 34 heavy (non-hydrogen) atoms. The van der Waals surface area contributed by atoms with E-state index in [0.29, 0.717) is 16.4 Å². The highest BCUT2D eigenvalue weighted by Crippen LogP contribution is 2.28. The minimum Gasteiger partial charge on any atom is -0.506 e. The second kappa shape index (κ2) is 10.4. The normalized spacial score (nSPS) is 13.3. The van der Waals surface area contributed by atoms with E-state index in [2.05, 4.69) is 15.6 Å². The second-order valence-electron chi connectivity index (χ2n) is 7.94. The zero-order chi connectivity index (χ0) is 24.1. The van der Waals surface area contributed by atoms with Crippen molar-refractivity contribution in [3.8, 4) is 5.75 Å². The number of phenolic OH excluding ortho intramolecular Hbond substituents is 1. The molecule has 2 heterocycles. The zero-order valence-corrected chi connectivity index (χ0v) is 19.1. The lowest BCUT2D eigenvalue weighted by atomic mass is 10.1. The summed E-state index contributed by atoms with van der Waals surface area (Å²) in [6.07, 6.45) is 4.74. The molecular weight excluding hydrogens is 454 g/mol. The van der Waals surface area contributed by atoms with Crippen LogP contribution in [-0.2, 0) is 0 Å². The van der Waals surface area contributed by atoms with Gasteiger partial charge in [-0.25, -0.2) is 4.98 Å². The molecule has 2 aromatic carbocycles. The summed E-state index contributed by atoms with van der Waals surface area (Å²) in [7, 11) is 0. The molecule has 1 aliphatic rings. The number of nitrogens with one attached hydrogen (secondary N) is 3. The highest BCUT2D eigenvalue weighted by molar-refractivity contribution is 6.30. The van der Waals surface area contributed by atoms with Crippen molar-refractivity contribution in [1.29, 1.82) is 5.41 Å². The summed E-state index contributed by atoms with van der Waals surface area (Å²) in [5, 5.41) is 24.4. The van der Waals surface area contributed by atoms with E-state index < -0.39 is 11.8 Å². The summed E-state index contributed by atoms with van der Waals surface area (Å²) in [5.74, 6) is -0.556. The van der Waals surface area contributed by atoms with E-state index in [1.807, 2.05) is 4.90 Å². The third-order valence-electron chi connectivity index (χ3n) is 5.59. The fraction of sp³-hybridized carbons (Fsp3) is 0.200. The zero-order valence-electron chi connectivity index (χ0n) is 18.3. The highest BCUT2D eigenvalue weighted by Gasteiger charge is 2.19. The van der Waals surface area contributed by atoms with Gasteiger partial charge in [-0.1, -0.05) is 29.8 Å². The molecule has 8 nitrogen and oxygen atoms in total. The standard InChI is InChI=1S/C25H24ClN5O3/c26-18-11-12-21(28-15-18)29-25(34)19-5-4-6-20(32)22(19)30-24(33)17-9-7-16(8-10-17)23(27)31-13-2-1-3-14-31/h4-12,15,27,32H,1-3,13-14H2,(H,30,33)(H,28,29,34). The molecule has 1 aliphatic heterocycles. The molecule has 0 bridgehead atoms.